The fourth-order valence-electron chi connectivity index (χ4n) is 2.56. The van der Waals surface area contributed by atoms with Crippen molar-refractivity contribution in [2.75, 3.05) is 4.72 Å². The molecule has 0 spiro atoms. The summed E-state index contributed by atoms with van der Waals surface area (Å²) in [6.07, 6.45) is 2.21. The van der Waals surface area contributed by atoms with E-state index in [9.17, 15) is 13.2 Å². The van der Waals surface area contributed by atoms with Crippen molar-refractivity contribution in [1.29, 1.82) is 0 Å². The second-order valence-electron chi connectivity index (χ2n) is 5.95. The van der Waals surface area contributed by atoms with Gasteiger partial charge in [0.05, 0.1) is 0 Å². The Morgan fingerprint density at radius 2 is 1.63 bits per heavy atom. The first-order valence-corrected chi connectivity index (χ1v) is 10.5. The van der Waals surface area contributed by atoms with Crippen LogP contribution in [0.2, 0.25) is 0 Å². The number of hydrogen-bond donors (Lipinski definition) is 1. The third-order valence-electron chi connectivity index (χ3n) is 3.84. The van der Waals surface area contributed by atoms with Gasteiger partial charge in [0, 0.05) is 34.9 Å². The van der Waals surface area contributed by atoms with Crippen LogP contribution in [0.1, 0.15) is 11.3 Å². The zero-order valence-corrected chi connectivity index (χ0v) is 16.7. The van der Waals surface area contributed by atoms with Crippen LogP contribution in [0.4, 0.5) is 5.69 Å². The molecule has 3 rings (SSSR count). The minimum atomic E-state index is -3.69. The van der Waals surface area contributed by atoms with Gasteiger partial charge in [-0.25, -0.2) is 8.42 Å². The van der Waals surface area contributed by atoms with Crippen molar-refractivity contribution in [3.8, 4) is 0 Å². The molecule has 27 heavy (non-hydrogen) atoms. The van der Waals surface area contributed by atoms with E-state index in [-0.39, 0.29) is 23.5 Å². The number of hydrogen-bond acceptors (Lipinski definition) is 4. The average molecular weight is 445 g/mol. The van der Waals surface area contributed by atoms with Gasteiger partial charge in [-0.15, -0.1) is 0 Å². The SMILES string of the molecule is O=C(Cc1ccc(NS(=O)(=O)c2ccccc2Br)cc1)Cc1ccccn1. The van der Waals surface area contributed by atoms with E-state index < -0.39 is 10.0 Å². The Hall–Kier alpha value is -2.51. The van der Waals surface area contributed by atoms with E-state index in [1.165, 1.54) is 6.07 Å². The summed E-state index contributed by atoms with van der Waals surface area (Å²) in [7, 11) is -3.69. The smallest absolute Gasteiger partial charge is 0.263 e. The van der Waals surface area contributed by atoms with Crippen molar-refractivity contribution in [1.82, 2.24) is 4.98 Å². The topological polar surface area (TPSA) is 76.1 Å². The van der Waals surface area contributed by atoms with Crippen LogP contribution in [-0.4, -0.2) is 19.2 Å². The molecular weight excluding hydrogens is 428 g/mol. The first kappa shape index (κ1) is 19.3. The zero-order valence-electron chi connectivity index (χ0n) is 14.3. The fourth-order valence-corrected chi connectivity index (χ4v) is 4.62. The molecule has 0 atom stereocenters. The van der Waals surface area contributed by atoms with E-state index in [4.69, 9.17) is 0 Å². The highest BCUT2D eigenvalue weighted by atomic mass is 79.9. The molecule has 138 valence electrons. The Morgan fingerprint density at radius 3 is 2.30 bits per heavy atom. The van der Waals surface area contributed by atoms with E-state index in [2.05, 4.69) is 25.6 Å². The largest absolute Gasteiger partial charge is 0.299 e. The molecule has 1 N–H and O–H groups in total. The van der Waals surface area contributed by atoms with Crippen LogP contribution >= 0.6 is 15.9 Å². The van der Waals surface area contributed by atoms with E-state index in [1.807, 2.05) is 18.2 Å². The number of sulfonamides is 1. The average Bonchev–Trinajstić information content (AvgIpc) is 2.64. The number of Topliss-reactive ketones (excluding diaryl/α,β-unsaturated/α-hetero) is 1. The van der Waals surface area contributed by atoms with Gasteiger partial charge < -0.3 is 0 Å². The molecule has 0 saturated carbocycles. The minimum Gasteiger partial charge on any atom is -0.299 e. The van der Waals surface area contributed by atoms with Crippen molar-refractivity contribution in [2.24, 2.45) is 0 Å². The number of nitrogens with zero attached hydrogens (tertiary/aromatic N) is 1. The summed E-state index contributed by atoms with van der Waals surface area (Å²) in [6.45, 7) is 0. The van der Waals surface area contributed by atoms with Gasteiger partial charge in [-0.1, -0.05) is 30.3 Å². The maximum absolute atomic E-state index is 12.5. The lowest BCUT2D eigenvalue weighted by atomic mass is 10.1. The number of benzene rings is 2. The summed E-state index contributed by atoms with van der Waals surface area (Å²) in [4.78, 5) is 16.5. The standard InChI is InChI=1S/C20H17BrN2O3S/c21-19-6-1-2-7-20(19)27(25,26)23-16-10-8-15(9-11-16)13-18(24)14-17-5-3-4-12-22-17/h1-12,23H,13-14H2. The third-order valence-corrected chi connectivity index (χ3v) is 6.23. The number of aromatic nitrogens is 1. The minimum absolute atomic E-state index is 0.0512. The molecule has 0 amide bonds. The van der Waals surface area contributed by atoms with Crippen LogP contribution in [-0.2, 0) is 27.7 Å². The molecule has 3 aromatic rings. The maximum atomic E-state index is 12.5. The van der Waals surface area contributed by atoms with E-state index in [0.717, 1.165) is 11.3 Å². The van der Waals surface area contributed by atoms with Crippen LogP contribution in [0, 0.1) is 0 Å². The molecular formula is C20H17BrN2O3S. The van der Waals surface area contributed by atoms with Gasteiger partial charge in [0.2, 0.25) is 0 Å². The molecule has 1 heterocycles. The fraction of sp³-hybridized carbons (Fsp3) is 0.100. The normalized spacial score (nSPS) is 11.1. The van der Waals surface area contributed by atoms with Gasteiger partial charge in [-0.3, -0.25) is 14.5 Å². The summed E-state index contributed by atoms with van der Waals surface area (Å²) >= 11 is 3.25. The molecule has 5 nitrogen and oxygen atoms in total. The molecule has 0 bridgehead atoms. The van der Waals surface area contributed by atoms with Crippen molar-refractivity contribution in [3.63, 3.8) is 0 Å². The number of anilines is 1. The Labute approximate surface area is 166 Å². The number of carbonyl (C=O) groups is 1. The summed E-state index contributed by atoms with van der Waals surface area (Å²) in [5.41, 5.74) is 1.99. The van der Waals surface area contributed by atoms with Gasteiger partial charge in [0.25, 0.3) is 10.0 Å². The Bertz CT molecular complexity index is 1040. The van der Waals surface area contributed by atoms with Gasteiger partial charge in [-0.05, 0) is 57.9 Å². The summed E-state index contributed by atoms with van der Waals surface area (Å²) in [6, 6.07) is 18.9. The number of rotatable bonds is 7. The zero-order chi connectivity index (χ0) is 19.3. The molecule has 0 saturated heterocycles. The lowest BCUT2D eigenvalue weighted by Gasteiger charge is -2.10. The molecule has 0 radical (unpaired) electrons. The molecule has 0 aliphatic heterocycles. The molecule has 7 heteroatoms. The van der Waals surface area contributed by atoms with Crippen molar-refractivity contribution in [3.05, 3.63) is 88.7 Å². The number of pyridine rings is 1. The quantitative estimate of drug-likeness (QED) is 0.597. The van der Waals surface area contributed by atoms with E-state index >= 15 is 0 Å². The van der Waals surface area contributed by atoms with Gasteiger partial charge in [0.15, 0.2) is 0 Å². The predicted molar refractivity (Wildman–Crippen MR) is 108 cm³/mol. The Morgan fingerprint density at radius 1 is 0.926 bits per heavy atom. The summed E-state index contributed by atoms with van der Waals surface area (Å²) < 4.78 is 28.0. The van der Waals surface area contributed by atoms with Crippen LogP contribution in [0.15, 0.2) is 82.3 Å². The van der Waals surface area contributed by atoms with Crippen molar-refractivity contribution >= 4 is 37.4 Å². The second kappa shape index (κ2) is 8.45. The highest BCUT2D eigenvalue weighted by Gasteiger charge is 2.17. The number of nitrogens with one attached hydrogen (secondary N) is 1. The maximum Gasteiger partial charge on any atom is 0.263 e. The van der Waals surface area contributed by atoms with E-state index in [0.29, 0.717) is 10.2 Å². The van der Waals surface area contributed by atoms with Crippen molar-refractivity contribution < 1.29 is 13.2 Å². The summed E-state index contributed by atoms with van der Waals surface area (Å²) in [5, 5.41) is 0. The highest BCUT2D eigenvalue weighted by molar-refractivity contribution is 9.10. The summed E-state index contributed by atoms with van der Waals surface area (Å²) in [5.74, 6) is 0.0512. The Balaban J connectivity index is 1.65. The third kappa shape index (κ3) is 5.24. The molecule has 0 unspecified atom stereocenters. The first-order chi connectivity index (χ1) is 12.9. The van der Waals surface area contributed by atoms with Gasteiger partial charge >= 0.3 is 0 Å². The van der Waals surface area contributed by atoms with Crippen LogP contribution < -0.4 is 4.72 Å². The molecule has 0 fully saturated rings. The highest BCUT2D eigenvalue weighted by Crippen LogP contribution is 2.24. The number of carbonyl (C=O) groups excluding carboxylic acids is 1. The predicted octanol–water partition coefficient (Wildman–Crippen LogP) is 4.00. The van der Waals surface area contributed by atoms with Crippen molar-refractivity contribution in [2.45, 2.75) is 17.7 Å². The second-order valence-corrected chi connectivity index (χ2v) is 8.45. The molecule has 0 aliphatic carbocycles. The lowest BCUT2D eigenvalue weighted by molar-refractivity contribution is -0.117. The van der Waals surface area contributed by atoms with Crippen LogP contribution in [0.3, 0.4) is 0 Å². The number of ketones is 1. The van der Waals surface area contributed by atoms with Crippen LogP contribution in [0.25, 0.3) is 0 Å². The number of halogens is 1. The van der Waals surface area contributed by atoms with Gasteiger partial charge in [-0.2, -0.15) is 0 Å². The lowest BCUT2D eigenvalue weighted by Crippen LogP contribution is -2.13. The van der Waals surface area contributed by atoms with Gasteiger partial charge in [0.1, 0.15) is 10.7 Å². The molecule has 0 aliphatic rings. The first-order valence-electron chi connectivity index (χ1n) is 8.22. The monoisotopic (exact) mass is 444 g/mol. The molecule has 1 aromatic heterocycles. The molecule has 2 aromatic carbocycles. The van der Waals surface area contributed by atoms with Crippen LogP contribution in [0.5, 0.6) is 0 Å². The van der Waals surface area contributed by atoms with E-state index in [1.54, 1.807) is 48.7 Å². The Kier molecular flexibility index (Phi) is 6.03.